The number of aliphatic hydroxyl groups is 1. The molecule has 0 aliphatic heterocycles. The molecule has 0 saturated carbocycles. The van der Waals surface area contributed by atoms with E-state index in [1.807, 2.05) is 37.3 Å². The number of nitrogens with one attached hydrogen (secondary N) is 1. The molecule has 27 heavy (non-hydrogen) atoms. The minimum atomic E-state index is -0.290. The second-order valence-electron chi connectivity index (χ2n) is 5.88. The van der Waals surface area contributed by atoms with E-state index in [1.165, 1.54) is 0 Å². The monoisotopic (exact) mass is 403 g/mol. The first kappa shape index (κ1) is 19.4. The Kier molecular flexibility index (Phi) is 6.16. The van der Waals surface area contributed by atoms with Crippen LogP contribution in [0.5, 0.6) is 0 Å². The number of para-hydroxylation sites is 1. The molecular formula is C20H19Cl2N3O2. The largest absolute Gasteiger partial charge is 0.396 e. The highest BCUT2D eigenvalue weighted by Gasteiger charge is 2.25. The maximum Gasteiger partial charge on any atom is 0.272 e. The molecule has 0 atom stereocenters. The van der Waals surface area contributed by atoms with Gasteiger partial charge in [0.15, 0.2) is 5.69 Å². The molecule has 5 nitrogen and oxygen atoms in total. The highest BCUT2D eigenvalue weighted by Crippen LogP contribution is 2.32. The third-order valence-electron chi connectivity index (χ3n) is 4.10. The topological polar surface area (TPSA) is 67.2 Å². The van der Waals surface area contributed by atoms with Crippen molar-refractivity contribution in [2.24, 2.45) is 0 Å². The molecule has 7 heteroatoms. The Labute approximate surface area is 167 Å². The Morgan fingerprint density at radius 1 is 1.15 bits per heavy atom. The summed E-state index contributed by atoms with van der Waals surface area (Å²) in [7, 11) is 0. The molecule has 0 fully saturated rings. The molecule has 0 spiro atoms. The fraction of sp³-hybridized carbons (Fsp3) is 0.200. The zero-order valence-electron chi connectivity index (χ0n) is 14.7. The average molecular weight is 404 g/mol. The lowest BCUT2D eigenvalue weighted by Crippen LogP contribution is -2.24. The predicted molar refractivity (Wildman–Crippen MR) is 108 cm³/mol. The number of benzene rings is 2. The number of nitrogens with zero attached hydrogens (tertiary/aromatic N) is 2. The number of hydrogen-bond acceptors (Lipinski definition) is 3. The molecule has 140 valence electrons. The second-order valence-corrected chi connectivity index (χ2v) is 6.72. The molecule has 0 radical (unpaired) electrons. The summed E-state index contributed by atoms with van der Waals surface area (Å²) < 4.78 is 1.65. The Morgan fingerprint density at radius 2 is 1.85 bits per heavy atom. The summed E-state index contributed by atoms with van der Waals surface area (Å²) in [4.78, 5) is 12.6. The van der Waals surface area contributed by atoms with Crippen LogP contribution in [0.1, 0.15) is 23.0 Å². The molecule has 1 heterocycles. The number of halogens is 2. The van der Waals surface area contributed by atoms with E-state index < -0.39 is 0 Å². The molecule has 0 aliphatic carbocycles. The zero-order chi connectivity index (χ0) is 19.4. The van der Waals surface area contributed by atoms with E-state index in [2.05, 4.69) is 10.4 Å². The average Bonchev–Trinajstić information content (AvgIpc) is 3.02. The van der Waals surface area contributed by atoms with Crippen LogP contribution in [-0.4, -0.2) is 33.9 Å². The summed E-state index contributed by atoms with van der Waals surface area (Å²) in [6.45, 7) is 2.21. The van der Waals surface area contributed by atoms with Gasteiger partial charge in [-0.15, -0.1) is 0 Å². The molecule has 3 aromatic rings. The number of carbonyl (C=O) groups excluding carboxylic acids is 1. The highest BCUT2D eigenvalue weighted by molar-refractivity contribution is 6.32. The number of carbonyl (C=O) groups is 1. The minimum absolute atomic E-state index is 0.110. The van der Waals surface area contributed by atoms with Gasteiger partial charge >= 0.3 is 0 Å². The van der Waals surface area contributed by atoms with Crippen LogP contribution in [-0.2, 0) is 6.42 Å². The zero-order valence-corrected chi connectivity index (χ0v) is 16.3. The van der Waals surface area contributed by atoms with E-state index in [4.69, 9.17) is 23.2 Å². The number of rotatable bonds is 6. The number of aliphatic hydroxyl groups excluding tert-OH is 1. The van der Waals surface area contributed by atoms with Gasteiger partial charge in [0.25, 0.3) is 5.91 Å². The van der Waals surface area contributed by atoms with Gasteiger partial charge in [-0.1, -0.05) is 47.5 Å². The summed E-state index contributed by atoms with van der Waals surface area (Å²) >= 11 is 12.4. The first-order chi connectivity index (χ1) is 13.1. The maximum absolute atomic E-state index is 12.6. The van der Waals surface area contributed by atoms with E-state index >= 15 is 0 Å². The van der Waals surface area contributed by atoms with Gasteiger partial charge in [0, 0.05) is 35.7 Å². The summed E-state index contributed by atoms with van der Waals surface area (Å²) in [5.74, 6) is -0.290. The Morgan fingerprint density at radius 3 is 2.48 bits per heavy atom. The molecule has 2 aromatic carbocycles. The van der Waals surface area contributed by atoms with Gasteiger partial charge in [0.05, 0.1) is 16.4 Å². The smallest absolute Gasteiger partial charge is 0.272 e. The standard InChI is InChI=1S/C20H19Cl2N3O2/c1-2-23-20(27)18-15(11-12-26)19(13-7-9-14(21)10-8-13)25(24-18)17-6-4-3-5-16(17)22/h3-10,26H,2,11-12H2,1H3,(H,23,27). The van der Waals surface area contributed by atoms with Crippen molar-refractivity contribution >= 4 is 29.1 Å². The fourth-order valence-corrected chi connectivity index (χ4v) is 3.27. The van der Waals surface area contributed by atoms with Crippen LogP contribution in [0.2, 0.25) is 10.0 Å². The molecule has 1 amide bonds. The van der Waals surface area contributed by atoms with E-state index in [-0.39, 0.29) is 24.6 Å². The van der Waals surface area contributed by atoms with Crippen molar-refractivity contribution < 1.29 is 9.90 Å². The van der Waals surface area contributed by atoms with Gasteiger partial charge in [0.2, 0.25) is 0 Å². The van der Waals surface area contributed by atoms with Crippen LogP contribution < -0.4 is 5.32 Å². The minimum Gasteiger partial charge on any atom is -0.396 e. The first-order valence-corrected chi connectivity index (χ1v) is 9.34. The summed E-state index contributed by atoms with van der Waals surface area (Å²) in [5.41, 5.74) is 3.11. The lowest BCUT2D eigenvalue weighted by molar-refractivity contribution is 0.0949. The van der Waals surface area contributed by atoms with E-state index in [9.17, 15) is 9.90 Å². The lowest BCUT2D eigenvalue weighted by Gasteiger charge is -2.11. The molecule has 3 rings (SSSR count). The summed E-state index contributed by atoms with van der Waals surface area (Å²) in [5, 5.41) is 18.0. The predicted octanol–water partition coefficient (Wildman–Crippen LogP) is 4.13. The third-order valence-corrected chi connectivity index (χ3v) is 4.67. The van der Waals surface area contributed by atoms with Crippen molar-refractivity contribution in [3.8, 4) is 16.9 Å². The van der Waals surface area contributed by atoms with Gasteiger partial charge in [-0.05, 0) is 31.2 Å². The van der Waals surface area contributed by atoms with E-state index in [0.29, 0.717) is 33.5 Å². The van der Waals surface area contributed by atoms with Crippen LogP contribution >= 0.6 is 23.2 Å². The van der Waals surface area contributed by atoms with E-state index in [1.54, 1.807) is 22.9 Å². The van der Waals surface area contributed by atoms with Gasteiger partial charge in [-0.2, -0.15) is 5.10 Å². The van der Waals surface area contributed by atoms with Gasteiger partial charge in [-0.25, -0.2) is 4.68 Å². The first-order valence-electron chi connectivity index (χ1n) is 8.58. The number of amides is 1. The molecule has 1 aromatic heterocycles. The van der Waals surface area contributed by atoms with Crippen molar-refractivity contribution in [3.05, 3.63) is 69.8 Å². The lowest BCUT2D eigenvalue weighted by atomic mass is 10.0. The normalized spacial score (nSPS) is 10.8. The number of aromatic nitrogens is 2. The van der Waals surface area contributed by atoms with Crippen LogP contribution in [0.3, 0.4) is 0 Å². The molecule has 0 bridgehead atoms. The van der Waals surface area contributed by atoms with Crippen molar-refractivity contribution in [3.63, 3.8) is 0 Å². The quantitative estimate of drug-likeness (QED) is 0.649. The fourth-order valence-electron chi connectivity index (χ4n) is 2.93. The van der Waals surface area contributed by atoms with Crippen LogP contribution in [0.15, 0.2) is 48.5 Å². The Bertz CT molecular complexity index is 952. The third kappa shape index (κ3) is 4.00. The molecule has 0 unspecified atom stereocenters. The molecule has 0 saturated heterocycles. The Hall–Kier alpha value is -2.34. The maximum atomic E-state index is 12.6. The highest BCUT2D eigenvalue weighted by atomic mass is 35.5. The van der Waals surface area contributed by atoms with Crippen LogP contribution in [0.25, 0.3) is 16.9 Å². The second kappa shape index (κ2) is 8.57. The Balaban J connectivity index is 2.30. The van der Waals surface area contributed by atoms with Crippen molar-refractivity contribution in [1.29, 1.82) is 0 Å². The van der Waals surface area contributed by atoms with Crippen molar-refractivity contribution in [2.45, 2.75) is 13.3 Å². The van der Waals surface area contributed by atoms with Gasteiger partial charge < -0.3 is 10.4 Å². The molecule has 0 aliphatic rings. The van der Waals surface area contributed by atoms with Crippen LogP contribution in [0, 0.1) is 0 Å². The van der Waals surface area contributed by atoms with Gasteiger partial charge in [-0.3, -0.25) is 4.79 Å². The van der Waals surface area contributed by atoms with Gasteiger partial charge in [0.1, 0.15) is 0 Å². The van der Waals surface area contributed by atoms with Crippen molar-refractivity contribution in [1.82, 2.24) is 15.1 Å². The van der Waals surface area contributed by atoms with Crippen molar-refractivity contribution in [2.75, 3.05) is 13.2 Å². The molecule has 2 N–H and O–H groups in total. The SMILES string of the molecule is CCNC(=O)c1nn(-c2ccccc2Cl)c(-c2ccc(Cl)cc2)c1CCO. The summed E-state index contributed by atoms with van der Waals surface area (Å²) in [6.07, 6.45) is 0.287. The van der Waals surface area contributed by atoms with E-state index in [0.717, 1.165) is 5.56 Å². The van der Waals surface area contributed by atoms with Crippen LogP contribution in [0.4, 0.5) is 0 Å². The molecular weight excluding hydrogens is 385 g/mol. The number of hydrogen-bond donors (Lipinski definition) is 2. The summed E-state index contributed by atoms with van der Waals surface area (Å²) in [6, 6.07) is 14.5.